The van der Waals surface area contributed by atoms with Crippen LogP contribution in [0.15, 0.2) is 24.3 Å². The zero-order valence-corrected chi connectivity index (χ0v) is 13.1. The maximum absolute atomic E-state index is 5.92. The van der Waals surface area contributed by atoms with Crippen molar-refractivity contribution in [1.82, 2.24) is 4.98 Å². The van der Waals surface area contributed by atoms with Gasteiger partial charge in [0.05, 0.1) is 16.3 Å². The van der Waals surface area contributed by atoms with Gasteiger partial charge in [0.25, 0.3) is 0 Å². The monoisotopic (exact) mass is 305 g/mol. The minimum absolute atomic E-state index is 0.394. The summed E-state index contributed by atoms with van der Waals surface area (Å²) in [7, 11) is 0. The van der Waals surface area contributed by atoms with E-state index in [1.54, 1.807) is 11.3 Å². The van der Waals surface area contributed by atoms with Crippen LogP contribution in [0.5, 0.6) is 0 Å². The zero-order valence-electron chi connectivity index (χ0n) is 12.3. The van der Waals surface area contributed by atoms with Gasteiger partial charge in [-0.15, -0.1) is 0 Å². The molecule has 2 aromatic rings. The highest BCUT2D eigenvalue weighted by Crippen LogP contribution is 2.25. The van der Waals surface area contributed by atoms with Crippen LogP contribution in [0.3, 0.4) is 0 Å². The van der Waals surface area contributed by atoms with E-state index in [4.69, 9.17) is 10.5 Å². The second-order valence-electron chi connectivity index (χ2n) is 5.67. The summed E-state index contributed by atoms with van der Waals surface area (Å²) < 4.78 is 7.15. The van der Waals surface area contributed by atoms with Crippen molar-refractivity contribution in [2.75, 3.05) is 18.5 Å². The molecule has 3 N–H and O–H groups in total. The number of nitrogens with zero attached hydrogens (tertiary/aromatic N) is 1. The molecule has 1 aromatic heterocycles. The average Bonchev–Trinajstić information content (AvgIpc) is 2.91. The van der Waals surface area contributed by atoms with Crippen molar-refractivity contribution in [3.05, 3.63) is 24.3 Å². The Labute approximate surface area is 129 Å². The number of hydrogen-bond acceptors (Lipinski definition) is 5. The van der Waals surface area contributed by atoms with Gasteiger partial charge in [0.1, 0.15) is 0 Å². The Balaban J connectivity index is 1.34. The highest BCUT2D eigenvalue weighted by molar-refractivity contribution is 7.22. The molecule has 1 aliphatic rings. The van der Waals surface area contributed by atoms with Crippen LogP contribution in [0.25, 0.3) is 10.2 Å². The third kappa shape index (κ3) is 4.15. The quantitative estimate of drug-likeness (QED) is 0.803. The number of hydrogen-bond donors (Lipinski definition) is 2. The summed E-state index contributed by atoms with van der Waals surface area (Å²) in [4.78, 5) is 4.56. The minimum atomic E-state index is 0.394. The lowest BCUT2D eigenvalue weighted by Crippen LogP contribution is -2.30. The molecule has 0 saturated heterocycles. The lowest BCUT2D eigenvalue weighted by molar-refractivity contribution is 0.0251. The Hall–Kier alpha value is -1.17. The molecule has 1 fully saturated rings. The van der Waals surface area contributed by atoms with Gasteiger partial charge in [-0.25, -0.2) is 4.98 Å². The van der Waals surface area contributed by atoms with Gasteiger partial charge in [-0.2, -0.15) is 0 Å². The number of benzene rings is 1. The number of thiazole rings is 1. The summed E-state index contributed by atoms with van der Waals surface area (Å²) in [6.07, 6.45) is 5.88. The van der Waals surface area contributed by atoms with Crippen molar-refractivity contribution in [2.24, 2.45) is 5.73 Å². The van der Waals surface area contributed by atoms with Gasteiger partial charge in [0, 0.05) is 19.2 Å². The standard InChI is InChI=1S/C16H23N3OS/c17-12-6-8-13(9-7-12)20-11-3-10-18-16-19-14-4-1-2-5-15(14)21-16/h1-2,4-5,12-13H,3,6-11,17H2,(H,18,19). The highest BCUT2D eigenvalue weighted by atomic mass is 32.1. The van der Waals surface area contributed by atoms with Crippen molar-refractivity contribution in [3.63, 3.8) is 0 Å². The molecule has 0 bridgehead atoms. The van der Waals surface area contributed by atoms with E-state index >= 15 is 0 Å². The number of nitrogens with one attached hydrogen (secondary N) is 1. The molecule has 1 saturated carbocycles. The van der Waals surface area contributed by atoms with Crippen LogP contribution < -0.4 is 11.1 Å². The van der Waals surface area contributed by atoms with E-state index < -0.39 is 0 Å². The predicted molar refractivity (Wildman–Crippen MR) is 88.9 cm³/mol. The zero-order chi connectivity index (χ0) is 14.5. The van der Waals surface area contributed by atoms with Crippen molar-refractivity contribution in [3.8, 4) is 0 Å². The molecular weight excluding hydrogens is 282 g/mol. The van der Waals surface area contributed by atoms with Crippen molar-refractivity contribution in [2.45, 2.75) is 44.2 Å². The molecule has 0 aliphatic heterocycles. The molecule has 0 amide bonds. The van der Waals surface area contributed by atoms with E-state index in [9.17, 15) is 0 Å². The highest BCUT2D eigenvalue weighted by Gasteiger charge is 2.18. The van der Waals surface area contributed by atoms with Crippen LogP contribution in [0.4, 0.5) is 5.13 Å². The molecule has 0 spiro atoms. The fraction of sp³-hybridized carbons (Fsp3) is 0.562. The SMILES string of the molecule is NC1CCC(OCCCNc2nc3ccccc3s2)CC1. The van der Waals surface area contributed by atoms with Gasteiger partial charge in [-0.1, -0.05) is 23.5 Å². The first-order valence-corrected chi connectivity index (χ1v) is 8.59. The summed E-state index contributed by atoms with van der Waals surface area (Å²) in [6.45, 7) is 1.73. The third-order valence-corrected chi connectivity index (χ3v) is 4.96. The van der Waals surface area contributed by atoms with Crippen LogP contribution >= 0.6 is 11.3 Å². The Kier molecular flexibility index (Phi) is 5.06. The summed E-state index contributed by atoms with van der Waals surface area (Å²) in [5.74, 6) is 0. The maximum atomic E-state index is 5.92. The van der Waals surface area contributed by atoms with Gasteiger partial charge in [0.15, 0.2) is 5.13 Å². The Morgan fingerprint density at radius 3 is 2.86 bits per heavy atom. The first kappa shape index (κ1) is 14.8. The van der Waals surface area contributed by atoms with Crippen molar-refractivity contribution >= 4 is 26.7 Å². The molecule has 5 heteroatoms. The number of ether oxygens (including phenoxy) is 1. The van der Waals surface area contributed by atoms with Crippen molar-refractivity contribution < 1.29 is 4.74 Å². The topological polar surface area (TPSA) is 60.2 Å². The summed E-state index contributed by atoms with van der Waals surface area (Å²) in [5.41, 5.74) is 6.97. The molecule has 21 heavy (non-hydrogen) atoms. The van der Waals surface area contributed by atoms with Gasteiger partial charge >= 0.3 is 0 Å². The summed E-state index contributed by atoms with van der Waals surface area (Å²) in [6, 6.07) is 8.62. The molecule has 0 unspecified atom stereocenters. The largest absolute Gasteiger partial charge is 0.378 e. The molecule has 0 atom stereocenters. The van der Waals surface area contributed by atoms with Crippen LogP contribution in [0, 0.1) is 0 Å². The Bertz CT molecular complexity index is 530. The minimum Gasteiger partial charge on any atom is -0.378 e. The molecule has 1 aliphatic carbocycles. The third-order valence-electron chi connectivity index (χ3n) is 3.96. The Morgan fingerprint density at radius 1 is 1.24 bits per heavy atom. The average molecular weight is 305 g/mol. The first-order chi connectivity index (χ1) is 10.3. The predicted octanol–water partition coefficient (Wildman–Crippen LogP) is 3.38. The Morgan fingerprint density at radius 2 is 2.05 bits per heavy atom. The number of fused-ring (bicyclic) bond motifs is 1. The number of nitrogens with two attached hydrogens (primary N) is 1. The number of aromatic nitrogens is 1. The molecule has 0 radical (unpaired) electrons. The van der Waals surface area contributed by atoms with Crippen LogP contribution in [-0.4, -0.2) is 30.3 Å². The normalized spacial score (nSPS) is 22.5. The van der Waals surface area contributed by atoms with Crippen molar-refractivity contribution in [1.29, 1.82) is 0 Å². The maximum Gasteiger partial charge on any atom is 0.183 e. The molecule has 4 nitrogen and oxygen atoms in total. The first-order valence-electron chi connectivity index (χ1n) is 7.78. The van der Waals surface area contributed by atoms with E-state index in [2.05, 4.69) is 16.4 Å². The molecular formula is C16H23N3OS. The van der Waals surface area contributed by atoms with E-state index in [1.165, 1.54) is 4.70 Å². The van der Waals surface area contributed by atoms with Gasteiger partial charge in [-0.05, 0) is 44.2 Å². The molecule has 1 heterocycles. The lowest BCUT2D eigenvalue weighted by atomic mass is 9.94. The van der Waals surface area contributed by atoms with E-state index in [0.717, 1.165) is 55.9 Å². The summed E-state index contributed by atoms with van der Waals surface area (Å²) >= 11 is 1.71. The smallest absolute Gasteiger partial charge is 0.183 e. The molecule has 3 rings (SSSR count). The fourth-order valence-corrected chi connectivity index (χ4v) is 3.61. The van der Waals surface area contributed by atoms with Crippen LogP contribution in [0.2, 0.25) is 0 Å². The van der Waals surface area contributed by atoms with E-state index in [1.807, 2.05) is 18.2 Å². The lowest BCUT2D eigenvalue weighted by Gasteiger charge is -2.26. The second kappa shape index (κ2) is 7.20. The van der Waals surface area contributed by atoms with Crippen LogP contribution in [0.1, 0.15) is 32.1 Å². The molecule has 114 valence electrons. The molecule has 1 aromatic carbocycles. The van der Waals surface area contributed by atoms with Crippen LogP contribution in [-0.2, 0) is 4.74 Å². The second-order valence-corrected chi connectivity index (χ2v) is 6.71. The van der Waals surface area contributed by atoms with Gasteiger partial charge < -0.3 is 15.8 Å². The van der Waals surface area contributed by atoms with E-state index in [-0.39, 0.29) is 0 Å². The van der Waals surface area contributed by atoms with Gasteiger partial charge in [-0.3, -0.25) is 0 Å². The fourth-order valence-electron chi connectivity index (χ4n) is 2.72. The van der Waals surface area contributed by atoms with Gasteiger partial charge in [0.2, 0.25) is 0 Å². The number of para-hydroxylation sites is 1. The number of anilines is 1. The number of rotatable bonds is 6. The van der Waals surface area contributed by atoms with E-state index in [0.29, 0.717) is 12.1 Å². The summed E-state index contributed by atoms with van der Waals surface area (Å²) in [5, 5.41) is 4.39.